The highest BCUT2D eigenvalue weighted by Crippen LogP contribution is 2.43. The number of aliphatic carboxylic acids is 1. The van der Waals surface area contributed by atoms with E-state index in [2.05, 4.69) is 15.2 Å². The summed E-state index contributed by atoms with van der Waals surface area (Å²) in [7, 11) is 0. The molecule has 3 fully saturated rings. The summed E-state index contributed by atoms with van der Waals surface area (Å²) in [6.07, 6.45) is 5.13. The van der Waals surface area contributed by atoms with Gasteiger partial charge in [0.15, 0.2) is 0 Å². The summed E-state index contributed by atoms with van der Waals surface area (Å²) in [5.41, 5.74) is 0. The van der Waals surface area contributed by atoms with Crippen LogP contribution in [-0.2, 0) is 4.79 Å². The van der Waals surface area contributed by atoms with Crippen LogP contribution in [0.25, 0.3) is 0 Å². The fourth-order valence-corrected chi connectivity index (χ4v) is 3.87. The standard InChI is InChI=1S/C14H18N4O3/c19-13(12-15-11(16-17-12)7-4-5-7)18-6-8-2-1-3-9(8)10(18)14(20)21/h7-10H,1-6H2,(H,20,21)(H,15,16,17). The highest BCUT2D eigenvalue weighted by molar-refractivity contribution is 5.94. The molecular formula is C14H18N4O3. The lowest BCUT2D eigenvalue weighted by Gasteiger charge is -2.23. The SMILES string of the molecule is O=C(O)C1C2CCCC2CN1C(=O)c1n[nH]c(C2CC2)n1. The number of hydrogen-bond acceptors (Lipinski definition) is 4. The molecule has 112 valence electrons. The Kier molecular flexibility index (Phi) is 2.77. The van der Waals surface area contributed by atoms with E-state index in [1.165, 1.54) is 4.90 Å². The zero-order chi connectivity index (χ0) is 14.6. The molecule has 7 nitrogen and oxygen atoms in total. The minimum Gasteiger partial charge on any atom is -0.480 e. The Morgan fingerprint density at radius 1 is 1.24 bits per heavy atom. The molecule has 2 N–H and O–H groups in total. The number of hydrogen-bond donors (Lipinski definition) is 2. The maximum atomic E-state index is 12.6. The lowest BCUT2D eigenvalue weighted by Crippen LogP contribution is -2.43. The highest BCUT2D eigenvalue weighted by atomic mass is 16.4. The topological polar surface area (TPSA) is 99.2 Å². The van der Waals surface area contributed by atoms with Gasteiger partial charge in [0.05, 0.1) is 0 Å². The number of carbonyl (C=O) groups excluding carboxylic acids is 1. The number of carboxylic acids is 1. The summed E-state index contributed by atoms with van der Waals surface area (Å²) in [5.74, 6) is 0.417. The molecule has 1 aromatic rings. The Bertz CT molecular complexity index is 595. The number of nitrogens with zero attached hydrogens (tertiary/aromatic N) is 3. The van der Waals surface area contributed by atoms with Crippen LogP contribution in [0.15, 0.2) is 0 Å². The Hall–Kier alpha value is -1.92. The first-order valence-corrected chi connectivity index (χ1v) is 7.61. The van der Waals surface area contributed by atoms with Crippen molar-refractivity contribution in [3.05, 3.63) is 11.6 Å². The van der Waals surface area contributed by atoms with E-state index in [4.69, 9.17) is 0 Å². The van der Waals surface area contributed by atoms with Crippen LogP contribution in [0.5, 0.6) is 0 Å². The molecule has 1 aliphatic heterocycles. The molecule has 3 aliphatic rings. The molecule has 0 radical (unpaired) electrons. The van der Waals surface area contributed by atoms with Gasteiger partial charge in [-0.1, -0.05) is 6.42 Å². The third-order valence-corrected chi connectivity index (χ3v) is 5.06. The number of fused-ring (bicyclic) bond motifs is 1. The maximum absolute atomic E-state index is 12.6. The summed E-state index contributed by atoms with van der Waals surface area (Å²) in [4.78, 5) is 29.9. The van der Waals surface area contributed by atoms with Crippen molar-refractivity contribution in [3.8, 4) is 0 Å². The number of carboxylic acid groups (broad SMARTS) is 1. The molecule has 21 heavy (non-hydrogen) atoms. The van der Waals surface area contributed by atoms with Gasteiger partial charge in [-0.3, -0.25) is 9.89 Å². The van der Waals surface area contributed by atoms with E-state index in [1.54, 1.807) is 0 Å². The molecule has 2 saturated carbocycles. The van der Waals surface area contributed by atoms with Crippen molar-refractivity contribution >= 4 is 11.9 Å². The van der Waals surface area contributed by atoms with Gasteiger partial charge in [-0.15, -0.1) is 5.10 Å². The van der Waals surface area contributed by atoms with Crippen LogP contribution in [0.1, 0.15) is 54.5 Å². The Balaban J connectivity index is 1.58. The summed E-state index contributed by atoms with van der Waals surface area (Å²) in [5, 5.41) is 16.3. The lowest BCUT2D eigenvalue weighted by molar-refractivity contribution is -0.142. The van der Waals surface area contributed by atoms with Crippen LogP contribution in [-0.4, -0.2) is 49.7 Å². The van der Waals surface area contributed by atoms with Crippen LogP contribution < -0.4 is 0 Å². The van der Waals surface area contributed by atoms with Crippen LogP contribution >= 0.6 is 0 Å². The number of rotatable bonds is 3. The van der Waals surface area contributed by atoms with Gasteiger partial charge in [0.25, 0.3) is 5.91 Å². The van der Waals surface area contributed by atoms with Gasteiger partial charge in [-0.2, -0.15) is 0 Å². The summed E-state index contributed by atoms with van der Waals surface area (Å²) < 4.78 is 0. The molecule has 1 amide bonds. The van der Waals surface area contributed by atoms with Gasteiger partial charge < -0.3 is 10.0 Å². The Labute approximate surface area is 121 Å². The average molecular weight is 290 g/mol. The Morgan fingerprint density at radius 2 is 2.05 bits per heavy atom. The first kappa shape index (κ1) is 12.8. The van der Waals surface area contributed by atoms with Crippen LogP contribution in [0.2, 0.25) is 0 Å². The van der Waals surface area contributed by atoms with E-state index in [9.17, 15) is 14.7 Å². The van der Waals surface area contributed by atoms with Gasteiger partial charge in [0.1, 0.15) is 11.9 Å². The van der Waals surface area contributed by atoms with Gasteiger partial charge in [-0.25, -0.2) is 9.78 Å². The number of aromatic amines is 1. The molecule has 2 heterocycles. The molecule has 4 rings (SSSR count). The van der Waals surface area contributed by atoms with Crippen molar-refractivity contribution in [2.45, 2.75) is 44.1 Å². The van der Waals surface area contributed by atoms with Crippen LogP contribution in [0, 0.1) is 11.8 Å². The van der Waals surface area contributed by atoms with E-state index < -0.39 is 12.0 Å². The normalized spacial score (nSPS) is 31.4. The second kappa shape index (κ2) is 4.54. The highest BCUT2D eigenvalue weighted by Gasteiger charge is 2.50. The van der Waals surface area contributed by atoms with Crippen molar-refractivity contribution in [2.24, 2.45) is 11.8 Å². The van der Waals surface area contributed by atoms with Crippen molar-refractivity contribution < 1.29 is 14.7 Å². The van der Waals surface area contributed by atoms with Crippen molar-refractivity contribution in [2.75, 3.05) is 6.54 Å². The van der Waals surface area contributed by atoms with E-state index in [0.29, 0.717) is 18.4 Å². The fourth-order valence-electron chi connectivity index (χ4n) is 3.87. The second-order valence-corrected chi connectivity index (χ2v) is 6.41. The lowest BCUT2D eigenvalue weighted by atomic mass is 9.94. The maximum Gasteiger partial charge on any atom is 0.326 e. The first-order valence-electron chi connectivity index (χ1n) is 7.61. The third-order valence-electron chi connectivity index (χ3n) is 5.06. The minimum absolute atomic E-state index is 0.0910. The van der Waals surface area contributed by atoms with Gasteiger partial charge in [-0.05, 0) is 37.5 Å². The number of nitrogens with one attached hydrogen (secondary N) is 1. The average Bonchev–Trinajstić information content (AvgIpc) is 2.90. The fraction of sp³-hybridized carbons (Fsp3) is 0.714. The molecule has 2 aliphatic carbocycles. The Morgan fingerprint density at radius 3 is 2.76 bits per heavy atom. The van der Waals surface area contributed by atoms with Crippen molar-refractivity contribution in [3.63, 3.8) is 0 Å². The van der Waals surface area contributed by atoms with Crippen molar-refractivity contribution in [1.82, 2.24) is 20.1 Å². The molecule has 0 spiro atoms. The van der Waals surface area contributed by atoms with Crippen molar-refractivity contribution in [1.29, 1.82) is 0 Å². The summed E-state index contributed by atoms with van der Waals surface area (Å²) in [6.45, 7) is 0.522. The zero-order valence-corrected chi connectivity index (χ0v) is 11.7. The summed E-state index contributed by atoms with van der Waals surface area (Å²) >= 11 is 0. The molecule has 3 unspecified atom stereocenters. The second-order valence-electron chi connectivity index (χ2n) is 6.41. The monoisotopic (exact) mass is 290 g/mol. The largest absolute Gasteiger partial charge is 0.480 e. The molecule has 1 saturated heterocycles. The number of carbonyl (C=O) groups is 2. The van der Waals surface area contributed by atoms with E-state index in [-0.39, 0.29) is 17.6 Å². The molecule has 7 heteroatoms. The zero-order valence-electron chi connectivity index (χ0n) is 11.7. The van der Waals surface area contributed by atoms with Gasteiger partial charge >= 0.3 is 5.97 Å². The molecular weight excluding hydrogens is 272 g/mol. The van der Waals surface area contributed by atoms with Gasteiger partial charge in [0.2, 0.25) is 5.82 Å². The van der Waals surface area contributed by atoms with Gasteiger partial charge in [0, 0.05) is 12.5 Å². The summed E-state index contributed by atoms with van der Waals surface area (Å²) in [6, 6.07) is -0.715. The smallest absolute Gasteiger partial charge is 0.326 e. The predicted octanol–water partition coefficient (Wildman–Crippen LogP) is 1.01. The number of H-pyrrole nitrogens is 1. The van der Waals surface area contributed by atoms with E-state index in [1.807, 2.05) is 0 Å². The predicted molar refractivity (Wildman–Crippen MR) is 71.6 cm³/mol. The van der Waals surface area contributed by atoms with E-state index in [0.717, 1.165) is 37.9 Å². The number of aromatic nitrogens is 3. The number of amides is 1. The van der Waals surface area contributed by atoms with Crippen LogP contribution in [0.3, 0.4) is 0 Å². The number of likely N-dealkylation sites (tertiary alicyclic amines) is 1. The van der Waals surface area contributed by atoms with Crippen LogP contribution in [0.4, 0.5) is 0 Å². The molecule has 3 atom stereocenters. The first-order chi connectivity index (χ1) is 10.1. The quantitative estimate of drug-likeness (QED) is 0.865. The minimum atomic E-state index is -0.907. The van der Waals surface area contributed by atoms with E-state index >= 15 is 0 Å². The molecule has 1 aromatic heterocycles. The molecule has 0 aromatic carbocycles. The molecule has 0 bridgehead atoms. The third kappa shape index (κ3) is 2.02.